The van der Waals surface area contributed by atoms with E-state index in [0.29, 0.717) is 0 Å². The van der Waals surface area contributed by atoms with Crippen LogP contribution in [0.15, 0.2) is 24.3 Å². The normalized spacial score (nSPS) is 16.1. The summed E-state index contributed by atoms with van der Waals surface area (Å²) in [6, 6.07) is 7.93. The molecule has 0 aliphatic carbocycles. The van der Waals surface area contributed by atoms with Crippen LogP contribution in [0.3, 0.4) is 0 Å². The van der Waals surface area contributed by atoms with Gasteiger partial charge in [0.05, 0.1) is 6.10 Å². The molecule has 1 heterocycles. The van der Waals surface area contributed by atoms with Crippen LogP contribution in [0.5, 0.6) is 0 Å². The minimum atomic E-state index is -0.0890. The lowest BCUT2D eigenvalue weighted by Crippen LogP contribution is -2.34. The molecule has 5 nitrogen and oxygen atoms in total. The molecule has 0 unspecified atom stereocenters. The number of anilines is 1. The van der Waals surface area contributed by atoms with Crippen LogP contribution in [0, 0.1) is 0 Å². The second kappa shape index (κ2) is 8.12. The average Bonchev–Trinajstić information content (AvgIpc) is 2.48. The van der Waals surface area contributed by atoms with E-state index in [4.69, 9.17) is 4.74 Å². The molecule has 1 aliphatic heterocycles. The van der Waals surface area contributed by atoms with Crippen molar-refractivity contribution in [2.24, 2.45) is 0 Å². The molecule has 1 aliphatic rings. The van der Waals surface area contributed by atoms with Gasteiger partial charge in [0, 0.05) is 12.2 Å². The minimum absolute atomic E-state index is 0.0890. The molecule has 0 atom stereocenters. The lowest BCUT2D eigenvalue weighted by atomic mass is 10.1. The molecule has 0 saturated carbocycles. The van der Waals surface area contributed by atoms with Gasteiger partial charge in [-0.1, -0.05) is 12.1 Å². The van der Waals surface area contributed by atoms with Crippen molar-refractivity contribution in [3.8, 4) is 0 Å². The molecule has 0 radical (unpaired) electrons. The molecule has 1 saturated heterocycles. The molecular weight excluding hydrogens is 266 g/mol. The third-order valence-corrected chi connectivity index (χ3v) is 3.47. The summed E-state index contributed by atoms with van der Waals surface area (Å²) in [6.45, 7) is 2.97. The van der Waals surface area contributed by atoms with Crippen molar-refractivity contribution in [1.29, 1.82) is 0 Å². The summed E-state index contributed by atoms with van der Waals surface area (Å²) < 4.78 is 5.63. The fourth-order valence-electron chi connectivity index (χ4n) is 2.41. The van der Waals surface area contributed by atoms with Crippen LogP contribution in [0.25, 0.3) is 0 Å². The zero-order valence-corrected chi connectivity index (χ0v) is 12.9. The van der Waals surface area contributed by atoms with E-state index in [1.54, 1.807) is 0 Å². The maximum atomic E-state index is 11.9. The molecule has 1 fully saturated rings. The standard InChI is InChI=1S/C16H25N3O2/c1-19(2)11-13-3-5-14(6-4-13)18-16(20)12-21-15-7-9-17-10-8-15/h3-6,15,17H,7-12H2,1-2H3,(H,18,20). The number of rotatable bonds is 6. The Morgan fingerprint density at radius 1 is 1.29 bits per heavy atom. The highest BCUT2D eigenvalue weighted by molar-refractivity contribution is 5.91. The van der Waals surface area contributed by atoms with E-state index in [9.17, 15) is 4.79 Å². The Balaban J connectivity index is 1.74. The van der Waals surface area contributed by atoms with Gasteiger partial charge < -0.3 is 20.3 Å². The lowest BCUT2D eigenvalue weighted by molar-refractivity contribution is -0.123. The van der Waals surface area contributed by atoms with Crippen LogP contribution in [-0.4, -0.2) is 50.7 Å². The molecule has 0 spiro atoms. The first-order valence-electron chi connectivity index (χ1n) is 7.49. The van der Waals surface area contributed by atoms with E-state index >= 15 is 0 Å². The van der Waals surface area contributed by atoms with E-state index < -0.39 is 0 Å². The number of benzene rings is 1. The quantitative estimate of drug-likeness (QED) is 0.833. The van der Waals surface area contributed by atoms with Crippen LogP contribution >= 0.6 is 0 Å². The van der Waals surface area contributed by atoms with Gasteiger partial charge in [0.1, 0.15) is 6.61 Å². The Morgan fingerprint density at radius 3 is 2.57 bits per heavy atom. The molecule has 1 amide bonds. The Morgan fingerprint density at radius 2 is 1.95 bits per heavy atom. The van der Waals surface area contributed by atoms with Gasteiger partial charge >= 0.3 is 0 Å². The molecule has 1 aromatic rings. The zero-order valence-electron chi connectivity index (χ0n) is 12.9. The summed E-state index contributed by atoms with van der Waals surface area (Å²) in [7, 11) is 4.07. The predicted octanol–water partition coefficient (Wildman–Crippen LogP) is 1.46. The van der Waals surface area contributed by atoms with Crippen molar-refractivity contribution in [2.45, 2.75) is 25.5 Å². The Labute approximate surface area is 126 Å². The molecule has 2 N–H and O–H groups in total. The smallest absolute Gasteiger partial charge is 0.250 e. The van der Waals surface area contributed by atoms with E-state index in [-0.39, 0.29) is 18.6 Å². The molecule has 5 heteroatoms. The molecule has 116 valence electrons. The molecule has 0 aromatic heterocycles. The van der Waals surface area contributed by atoms with Crippen LogP contribution < -0.4 is 10.6 Å². The summed E-state index contributed by atoms with van der Waals surface area (Å²) >= 11 is 0. The van der Waals surface area contributed by atoms with Crippen LogP contribution in [-0.2, 0) is 16.1 Å². The zero-order chi connectivity index (χ0) is 15.1. The lowest BCUT2D eigenvalue weighted by Gasteiger charge is -2.22. The summed E-state index contributed by atoms with van der Waals surface area (Å²) in [6.07, 6.45) is 2.17. The maximum absolute atomic E-state index is 11.9. The van der Waals surface area contributed by atoms with Crippen LogP contribution in [0.1, 0.15) is 18.4 Å². The number of hydrogen-bond acceptors (Lipinski definition) is 4. The Hall–Kier alpha value is -1.43. The van der Waals surface area contributed by atoms with Crippen molar-refractivity contribution >= 4 is 11.6 Å². The number of piperidine rings is 1. The Bertz CT molecular complexity index is 439. The fourth-order valence-corrected chi connectivity index (χ4v) is 2.41. The molecule has 0 bridgehead atoms. The van der Waals surface area contributed by atoms with Gasteiger partial charge in [-0.15, -0.1) is 0 Å². The van der Waals surface area contributed by atoms with E-state index in [1.807, 2.05) is 38.4 Å². The largest absolute Gasteiger partial charge is 0.368 e. The third-order valence-electron chi connectivity index (χ3n) is 3.47. The summed E-state index contributed by atoms with van der Waals surface area (Å²) in [5.74, 6) is -0.0890. The number of hydrogen-bond donors (Lipinski definition) is 2. The highest BCUT2D eigenvalue weighted by atomic mass is 16.5. The van der Waals surface area contributed by atoms with Crippen molar-refractivity contribution in [3.63, 3.8) is 0 Å². The Kier molecular flexibility index (Phi) is 6.17. The van der Waals surface area contributed by atoms with E-state index in [1.165, 1.54) is 5.56 Å². The maximum Gasteiger partial charge on any atom is 0.250 e. The van der Waals surface area contributed by atoms with Gasteiger partial charge in [-0.05, 0) is 57.7 Å². The fraction of sp³-hybridized carbons (Fsp3) is 0.562. The molecular formula is C16H25N3O2. The first kappa shape index (κ1) is 15.9. The monoisotopic (exact) mass is 291 g/mol. The molecule has 21 heavy (non-hydrogen) atoms. The topological polar surface area (TPSA) is 53.6 Å². The molecule has 2 rings (SSSR count). The highest BCUT2D eigenvalue weighted by Crippen LogP contribution is 2.11. The van der Waals surface area contributed by atoms with Crippen molar-refractivity contribution < 1.29 is 9.53 Å². The number of nitrogens with one attached hydrogen (secondary N) is 2. The van der Waals surface area contributed by atoms with Gasteiger partial charge in [-0.2, -0.15) is 0 Å². The van der Waals surface area contributed by atoms with Crippen molar-refractivity contribution in [3.05, 3.63) is 29.8 Å². The van der Waals surface area contributed by atoms with Gasteiger partial charge in [0.25, 0.3) is 0 Å². The van der Waals surface area contributed by atoms with Gasteiger partial charge in [0.2, 0.25) is 5.91 Å². The van der Waals surface area contributed by atoms with Gasteiger partial charge in [-0.3, -0.25) is 4.79 Å². The van der Waals surface area contributed by atoms with Crippen LogP contribution in [0.2, 0.25) is 0 Å². The first-order chi connectivity index (χ1) is 10.1. The summed E-state index contributed by atoms with van der Waals surface area (Å²) in [4.78, 5) is 14.0. The number of nitrogens with zero attached hydrogens (tertiary/aromatic N) is 1. The summed E-state index contributed by atoms with van der Waals surface area (Å²) in [5, 5.41) is 6.15. The third kappa shape index (κ3) is 5.83. The minimum Gasteiger partial charge on any atom is -0.368 e. The highest BCUT2D eigenvalue weighted by Gasteiger charge is 2.14. The van der Waals surface area contributed by atoms with E-state index in [0.717, 1.165) is 38.2 Å². The molecule has 1 aromatic carbocycles. The number of ether oxygens (including phenoxy) is 1. The van der Waals surface area contributed by atoms with Crippen molar-refractivity contribution in [2.75, 3.05) is 39.1 Å². The SMILES string of the molecule is CN(C)Cc1ccc(NC(=O)COC2CCNCC2)cc1. The number of amides is 1. The number of carbonyl (C=O) groups excluding carboxylic acids is 1. The predicted molar refractivity (Wildman–Crippen MR) is 84.3 cm³/mol. The summed E-state index contributed by atoms with van der Waals surface area (Å²) in [5.41, 5.74) is 2.04. The first-order valence-corrected chi connectivity index (χ1v) is 7.49. The van der Waals surface area contributed by atoms with Gasteiger partial charge in [0.15, 0.2) is 0 Å². The van der Waals surface area contributed by atoms with Crippen molar-refractivity contribution in [1.82, 2.24) is 10.2 Å². The van der Waals surface area contributed by atoms with Crippen LogP contribution in [0.4, 0.5) is 5.69 Å². The number of carbonyl (C=O) groups is 1. The van der Waals surface area contributed by atoms with Gasteiger partial charge in [-0.25, -0.2) is 0 Å². The average molecular weight is 291 g/mol. The second-order valence-electron chi connectivity index (χ2n) is 5.74. The second-order valence-corrected chi connectivity index (χ2v) is 5.74. The van der Waals surface area contributed by atoms with E-state index in [2.05, 4.69) is 15.5 Å².